The van der Waals surface area contributed by atoms with Gasteiger partial charge >= 0.3 is 5.97 Å². The number of rotatable bonds is 5. The minimum absolute atomic E-state index is 0.106. The average molecular weight is 665 g/mol. The number of benzene rings is 4. The standard InChI is InChI=1S/C40H44N2O7/c1-7-37(43)49-39-36(46-6)22-27-15-17-42(3)31-19-25-10-13-32(44-4)34(20-25)47-28-11-8-24(9-12-28)18-30-29-23-35(48-40(39)38(27)31)33(45-5)21-26(29)14-16-41(30)2/h8-13,20-23,30-31H,7,14-19H2,1-6H3/t30-,31-/m0/s1. The highest BCUT2D eigenvalue weighted by Crippen LogP contribution is 2.52. The van der Waals surface area contributed by atoms with Crippen LogP contribution >= 0.6 is 0 Å². The first kappa shape index (κ1) is 32.8. The summed E-state index contributed by atoms with van der Waals surface area (Å²) in [4.78, 5) is 17.7. The maximum Gasteiger partial charge on any atom is 0.311 e. The van der Waals surface area contributed by atoms with Crippen LogP contribution in [0.2, 0.25) is 0 Å². The molecule has 0 aliphatic carbocycles. The van der Waals surface area contributed by atoms with Gasteiger partial charge in [0.1, 0.15) is 5.75 Å². The monoisotopic (exact) mass is 664 g/mol. The van der Waals surface area contributed by atoms with Gasteiger partial charge in [-0.05, 0) is 110 Å². The summed E-state index contributed by atoms with van der Waals surface area (Å²) in [5.74, 6) is 4.06. The van der Waals surface area contributed by atoms with E-state index < -0.39 is 0 Å². The second kappa shape index (κ2) is 13.6. The number of hydrogen-bond donors (Lipinski definition) is 0. The number of hydrogen-bond acceptors (Lipinski definition) is 9. The summed E-state index contributed by atoms with van der Waals surface area (Å²) < 4.78 is 37.1. The summed E-state index contributed by atoms with van der Waals surface area (Å²) in [6, 6.07) is 20.6. The number of esters is 1. The second-order valence-electron chi connectivity index (χ2n) is 13.1. The second-order valence-corrected chi connectivity index (χ2v) is 13.1. The zero-order chi connectivity index (χ0) is 34.2. The highest BCUT2D eigenvalue weighted by Gasteiger charge is 2.35. The van der Waals surface area contributed by atoms with E-state index in [1.54, 1.807) is 28.3 Å². The van der Waals surface area contributed by atoms with Gasteiger partial charge in [-0.1, -0.05) is 25.1 Å². The zero-order valence-electron chi connectivity index (χ0n) is 29.1. The van der Waals surface area contributed by atoms with E-state index in [1.807, 2.05) is 30.3 Å². The lowest BCUT2D eigenvalue weighted by Gasteiger charge is -2.37. The highest BCUT2D eigenvalue weighted by atomic mass is 16.6. The van der Waals surface area contributed by atoms with Gasteiger partial charge < -0.3 is 28.4 Å². The first-order valence-corrected chi connectivity index (χ1v) is 17.0. The van der Waals surface area contributed by atoms with E-state index in [4.69, 9.17) is 28.4 Å². The summed E-state index contributed by atoms with van der Waals surface area (Å²) in [7, 11) is 9.20. The maximum atomic E-state index is 12.9. The Morgan fingerprint density at radius 1 is 0.735 bits per heavy atom. The number of carbonyl (C=O) groups excluding carboxylic acids is 1. The topological polar surface area (TPSA) is 78.9 Å². The first-order chi connectivity index (χ1) is 23.8. The van der Waals surface area contributed by atoms with Crippen LogP contribution in [0.25, 0.3) is 0 Å². The van der Waals surface area contributed by atoms with Gasteiger partial charge in [0.2, 0.25) is 5.75 Å². The van der Waals surface area contributed by atoms with Crippen molar-refractivity contribution in [3.63, 3.8) is 0 Å². The van der Waals surface area contributed by atoms with Crippen molar-refractivity contribution < 1.29 is 33.2 Å². The fraction of sp³-hybridized carbons (Fsp3) is 0.375. The van der Waals surface area contributed by atoms with Crippen molar-refractivity contribution in [1.29, 1.82) is 0 Å². The molecule has 6 bridgehead atoms. The van der Waals surface area contributed by atoms with Gasteiger partial charge in [0.15, 0.2) is 34.5 Å². The Hall–Kier alpha value is -4.73. The van der Waals surface area contributed by atoms with Crippen LogP contribution in [-0.4, -0.2) is 64.3 Å². The molecule has 9 nitrogen and oxygen atoms in total. The molecule has 0 aromatic heterocycles. The van der Waals surface area contributed by atoms with Crippen molar-refractivity contribution in [2.75, 3.05) is 48.5 Å². The van der Waals surface area contributed by atoms with Crippen molar-refractivity contribution >= 4 is 5.97 Å². The minimum atomic E-state index is -0.375. The summed E-state index contributed by atoms with van der Waals surface area (Å²) >= 11 is 0. The van der Waals surface area contributed by atoms with E-state index in [9.17, 15) is 4.79 Å². The Bertz CT molecular complexity index is 1870. The zero-order valence-corrected chi connectivity index (χ0v) is 29.1. The van der Waals surface area contributed by atoms with Crippen LogP contribution in [0.1, 0.15) is 58.8 Å². The van der Waals surface area contributed by atoms with Crippen LogP contribution in [0.4, 0.5) is 0 Å². The average Bonchev–Trinajstić information content (AvgIpc) is 3.11. The van der Waals surface area contributed by atoms with E-state index in [2.05, 4.69) is 54.2 Å². The van der Waals surface area contributed by atoms with Gasteiger partial charge in [-0.2, -0.15) is 0 Å². The predicted octanol–water partition coefficient (Wildman–Crippen LogP) is 7.47. The molecule has 0 N–H and O–H groups in total. The Labute approximate surface area is 288 Å². The molecule has 256 valence electrons. The normalized spacial score (nSPS) is 18.7. The first-order valence-electron chi connectivity index (χ1n) is 17.0. The molecule has 8 rings (SSSR count). The number of carbonyl (C=O) groups is 1. The molecule has 4 heterocycles. The van der Waals surface area contributed by atoms with E-state index >= 15 is 0 Å². The molecule has 0 saturated carbocycles. The van der Waals surface area contributed by atoms with Crippen LogP contribution < -0.4 is 28.4 Å². The van der Waals surface area contributed by atoms with Crippen LogP contribution in [0.15, 0.2) is 60.7 Å². The van der Waals surface area contributed by atoms with E-state index in [-0.39, 0.29) is 30.2 Å². The van der Waals surface area contributed by atoms with Crippen molar-refractivity contribution in [3.8, 4) is 46.0 Å². The predicted molar refractivity (Wildman–Crippen MR) is 187 cm³/mol. The molecule has 0 fully saturated rings. The SMILES string of the molecule is CCC(=O)Oc1c(OC)cc2c3c1Oc1cc4c(cc1OC)CCN(C)[C@H]4Cc1ccc(cc1)Oc1cc(ccc1OC)C[C@@H]3N(C)CC2. The molecule has 4 aromatic carbocycles. The fourth-order valence-corrected chi connectivity index (χ4v) is 7.36. The lowest BCUT2D eigenvalue weighted by molar-refractivity contribution is -0.134. The fourth-order valence-electron chi connectivity index (χ4n) is 7.36. The van der Waals surface area contributed by atoms with Crippen LogP contribution in [0, 0.1) is 0 Å². The van der Waals surface area contributed by atoms with Crippen molar-refractivity contribution in [1.82, 2.24) is 9.80 Å². The van der Waals surface area contributed by atoms with Crippen LogP contribution in [0.3, 0.4) is 0 Å². The summed E-state index contributed by atoms with van der Waals surface area (Å²) in [6.07, 6.45) is 3.31. The third kappa shape index (κ3) is 6.29. The lowest BCUT2D eigenvalue weighted by atomic mass is 9.87. The maximum absolute atomic E-state index is 12.9. The number of likely N-dealkylation sites (N-methyl/N-ethyl adjacent to an activating group) is 2. The molecular weight excluding hydrogens is 620 g/mol. The summed E-state index contributed by atoms with van der Waals surface area (Å²) in [6.45, 7) is 3.53. The highest BCUT2D eigenvalue weighted by molar-refractivity contribution is 5.76. The Kier molecular flexibility index (Phi) is 9.13. The van der Waals surface area contributed by atoms with Gasteiger partial charge in [-0.25, -0.2) is 0 Å². The van der Waals surface area contributed by atoms with E-state index in [1.165, 1.54) is 16.7 Å². The van der Waals surface area contributed by atoms with E-state index in [0.717, 1.165) is 54.8 Å². The molecule has 4 aliphatic rings. The number of nitrogens with zero attached hydrogens (tertiary/aromatic N) is 2. The van der Waals surface area contributed by atoms with Gasteiger partial charge in [-0.3, -0.25) is 14.6 Å². The van der Waals surface area contributed by atoms with Crippen LogP contribution in [0.5, 0.6) is 46.0 Å². The van der Waals surface area contributed by atoms with Gasteiger partial charge in [0.05, 0.1) is 21.3 Å². The molecule has 0 radical (unpaired) electrons. The number of ether oxygens (including phenoxy) is 6. The van der Waals surface area contributed by atoms with Gasteiger partial charge in [0, 0.05) is 37.2 Å². The number of fused-ring (bicyclic) bond motifs is 2. The summed E-state index contributed by atoms with van der Waals surface area (Å²) in [5, 5.41) is 0. The molecule has 9 heteroatoms. The molecule has 4 aliphatic heterocycles. The van der Waals surface area contributed by atoms with E-state index in [0.29, 0.717) is 40.9 Å². The molecule has 2 atom stereocenters. The lowest BCUT2D eigenvalue weighted by Crippen LogP contribution is -2.34. The van der Waals surface area contributed by atoms with Crippen molar-refractivity contribution in [2.24, 2.45) is 0 Å². The van der Waals surface area contributed by atoms with Crippen molar-refractivity contribution in [3.05, 3.63) is 94.0 Å². The molecule has 0 spiro atoms. The molecule has 0 amide bonds. The summed E-state index contributed by atoms with van der Waals surface area (Å²) in [5.41, 5.74) is 6.71. The Morgan fingerprint density at radius 3 is 2.08 bits per heavy atom. The Balaban J connectivity index is 1.48. The molecule has 0 unspecified atom stereocenters. The smallest absolute Gasteiger partial charge is 0.311 e. The minimum Gasteiger partial charge on any atom is -0.493 e. The third-order valence-corrected chi connectivity index (χ3v) is 10.1. The van der Waals surface area contributed by atoms with Crippen molar-refractivity contribution in [2.45, 2.75) is 51.1 Å². The third-order valence-electron chi connectivity index (χ3n) is 10.1. The Morgan fingerprint density at radius 2 is 1.37 bits per heavy atom. The van der Waals surface area contributed by atoms with Gasteiger partial charge in [0.25, 0.3) is 0 Å². The molecule has 4 aromatic rings. The largest absolute Gasteiger partial charge is 0.493 e. The quantitative estimate of drug-likeness (QED) is 0.160. The number of methoxy groups -OCH3 is 3. The molecule has 0 saturated heterocycles. The van der Waals surface area contributed by atoms with Gasteiger partial charge in [-0.15, -0.1) is 0 Å². The molecule has 49 heavy (non-hydrogen) atoms. The molecular formula is C40H44N2O7. The van der Waals surface area contributed by atoms with Crippen LogP contribution in [-0.2, 0) is 30.5 Å².